The Morgan fingerprint density at radius 3 is 1.92 bits per heavy atom. The molecule has 1 N–H and O–H groups in total. The van der Waals surface area contributed by atoms with E-state index in [1.165, 1.54) is 0 Å². The molecule has 1 heterocycles. The van der Waals surface area contributed by atoms with Gasteiger partial charge in [-0.25, -0.2) is 0 Å². The minimum Gasteiger partial charge on any atom is -0.507 e. The second kappa shape index (κ2) is 6.02. The summed E-state index contributed by atoms with van der Waals surface area (Å²) in [6.45, 7) is 0. The van der Waals surface area contributed by atoms with Gasteiger partial charge >= 0.3 is 0 Å². The lowest BCUT2D eigenvalue weighted by molar-refractivity contribution is 0.418. The van der Waals surface area contributed by atoms with Crippen molar-refractivity contribution < 1.29 is 9.84 Å². The highest BCUT2D eigenvalue weighted by Gasteiger charge is 2.23. The maximum absolute atomic E-state index is 11.1. The second-order valence-electron chi connectivity index (χ2n) is 6.05. The molecule has 0 aliphatic heterocycles. The maximum Gasteiger partial charge on any atom is 0.151 e. The van der Waals surface area contributed by atoms with E-state index in [0.717, 1.165) is 38.9 Å². The van der Waals surface area contributed by atoms with E-state index in [1.54, 1.807) is 7.11 Å². The summed E-state index contributed by atoms with van der Waals surface area (Å²) in [6.07, 6.45) is 1.94. The Morgan fingerprint density at radius 1 is 0.800 bits per heavy atom. The zero-order chi connectivity index (χ0) is 17.4. The first-order valence-corrected chi connectivity index (χ1v) is 8.21. The number of phenols is 1. The SMILES string of the molecule is COc1c(-c2ccccc2)c(-c2ccccc2)c(O)c2ccn(C)c12. The van der Waals surface area contributed by atoms with E-state index in [9.17, 15) is 5.11 Å². The summed E-state index contributed by atoms with van der Waals surface area (Å²) in [5, 5.41) is 11.9. The summed E-state index contributed by atoms with van der Waals surface area (Å²) in [5.74, 6) is 1.05. The number of hydrogen-bond donors (Lipinski definition) is 1. The smallest absolute Gasteiger partial charge is 0.151 e. The van der Waals surface area contributed by atoms with Gasteiger partial charge in [-0.3, -0.25) is 0 Å². The van der Waals surface area contributed by atoms with Crippen molar-refractivity contribution in [1.82, 2.24) is 4.57 Å². The molecule has 4 aromatic rings. The van der Waals surface area contributed by atoms with Crippen LogP contribution in [0.15, 0.2) is 72.9 Å². The molecule has 0 radical (unpaired) electrons. The van der Waals surface area contributed by atoms with Gasteiger partial charge in [-0.15, -0.1) is 0 Å². The van der Waals surface area contributed by atoms with Crippen molar-refractivity contribution in [3.8, 4) is 33.8 Å². The minimum atomic E-state index is 0.279. The average Bonchev–Trinajstić information content (AvgIpc) is 3.05. The van der Waals surface area contributed by atoms with Gasteiger partial charge in [0.1, 0.15) is 5.75 Å². The van der Waals surface area contributed by atoms with Crippen molar-refractivity contribution in [2.75, 3.05) is 7.11 Å². The first kappa shape index (κ1) is 15.3. The quantitative estimate of drug-likeness (QED) is 0.559. The molecule has 0 fully saturated rings. The Balaban J connectivity index is 2.21. The number of hydrogen-bond acceptors (Lipinski definition) is 2. The van der Waals surface area contributed by atoms with E-state index in [0.29, 0.717) is 0 Å². The third-order valence-corrected chi connectivity index (χ3v) is 4.59. The van der Waals surface area contributed by atoms with Crippen LogP contribution in [0.5, 0.6) is 11.5 Å². The lowest BCUT2D eigenvalue weighted by atomic mass is 9.91. The fourth-order valence-electron chi connectivity index (χ4n) is 3.45. The molecule has 0 aliphatic rings. The molecule has 25 heavy (non-hydrogen) atoms. The van der Waals surface area contributed by atoms with E-state index in [4.69, 9.17) is 4.74 Å². The first-order valence-electron chi connectivity index (χ1n) is 8.21. The van der Waals surface area contributed by atoms with Crippen molar-refractivity contribution >= 4 is 10.9 Å². The fourth-order valence-corrected chi connectivity index (χ4v) is 3.45. The van der Waals surface area contributed by atoms with Crippen LogP contribution in [0.2, 0.25) is 0 Å². The second-order valence-corrected chi connectivity index (χ2v) is 6.05. The van der Waals surface area contributed by atoms with Gasteiger partial charge in [-0.2, -0.15) is 0 Å². The predicted octanol–water partition coefficient (Wildman–Crippen LogP) is 5.23. The number of benzene rings is 3. The van der Waals surface area contributed by atoms with Crippen LogP contribution < -0.4 is 4.74 Å². The van der Waals surface area contributed by atoms with Gasteiger partial charge in [-0.05, 0) is 17.2 Å². The van der Waals surface area contributed by atoms with Crippen LogP contribution >= 0.6 is 0 Å². The molecule has 4 rings (SSSR count). The van der Waals surface area contributed by atoms with Gasteiger partial charge in [0, 0.05) is 29.8 Å². The molecule has 1 aromatic heterocycles. The molecule has 3 heteroatoms. The van der Waals surface area contributed by atoms with Crippen molar-refractivity contribution in [1.29, 1.82) is 0 Å². The Labute approximate surface area is 146 Å². The van der Waals surface area contributed by atoms with Crippen LogP contribution in [0.3, 0.4) is 0 Å². The van der Waals surface area contributed by atoms with Gasteiger partial charge in [0.2, 0.25) is 0 Å². The zero-order valence-electron chi connectivity index (χ0n) is 14.2. The Kier molecular flexibility index (Phi) is 3.69. The monoisotopic (exact) mass is 329 g/mol. The van der Waals surface area contributed by atoms with Crippen molar-refractivity contribution in [3.05, 3.63) is 72.9 Å². The molecule has 0 amide bonds. The molecule has 0 saturated heterocycles. The van der Waals surface area contributed by atoms with Gasteiger partial charge in [0.15, 0.2) is 5.75 Å². The Bertz CT molecular complexity index is 1030. The number of aryl methyl sites for hydroxylation is 1. The normalized spacial score (nSPS) is 11.0. The van der Waals surface area contributed by atoms with Crippen LogP contribution in [-0.2, 0) is 7.05 Å². The number of fused-ring (bicyclic) bond motifs is 1. The highest BCUT2D eigenvalue weighted by atomic mass is 16.5. The molecule has 0 atom stereocenters. The van der Waals surface area contributed by atoms with Crippen LogP contribution in [0.25, 0.3) is 33.2 Å². The molecule has 0 spiro atoms. The number of ether oxygens (including phenoxy) is 1. The highest BCUT2D eigenvalue weighted by Crippen LogP contribution is 2.50. The van der Waals surface area contributed by atoms with Gasteiger partial charge in [0.05, 0.1) is 12.6 Å². The topological polar surface area (TPSA) is 34.4 Å². The van der Waals surface area contributed by atoms with E-state index in [-0.39, 0.29) is 5.75 Å². The van der Waals surface area contributed by atoms with E-state index in [1.807, 2.05) is 84.5 Å². The molecule has 124 valence electrons. The third-order valence-electron chi connectivity index (χ3n) is 4.59. The molecule has 3 nitrogen and oxygen atoms in total. The molecule has 0 saturated carbocycles. The standard InChI is InChI=1S/C22H19NO2/c1-23-14-13-17-20(23)22(25-2)19(16-11-7-4-8-12-16)18(21(17)24)15-9-5-3-6-10-15/h3-14,24H,1-2H3. The molecule has 0 bridgehead atoms. The van der Waals surface area contributed by atoms with Gasteiger partial charge in [0.25, 0.3) is 0 Å². The number of aromatic hydroxyl groups is 1. The van der Waals surface area contributed by atoms with E-state index >= 15 is 0 Å². The third kappa shape index (κ3) is 2.36. The van der Waals surface area contributed by atoms with Gasteiger partial charge < -0.3 is 14.4 Å². The van der Waals surface area contributed by atoms with Crippen molar-refractivity contribution in [2.45, 2.75) is 0 Å². The maximum atomic E-state index is 11.1. The van der Waals surface area contributed by atoms with E-state index in [2.05, 4.69) is 0 Å². The number of phenolic OH excluding ortho intramolecular Hbond substituents is 1. The summed E-state index contributed by atoms with van der Waals surface area (Å²) >= 11 is 0. The largest absolute Gasteiger partial charge is 0.507 e. The summed E-state index contributed by atoms with van der Waals surface area (Å²) < 4.78 is 7.82. The van der Waals surface area contributed by atoms with Crippen LogP contribution in [0.1, 0.15) is 0 Å². The molecular formula is C22H19NO2. The van der Waals surface area contributed by atoms with Crippen LogP contribution in [-0.4, -0.2) is 16.8 Å². The average molecular weight is 329 g/mol. The zero-order valence-corrected chi connectivity index (χ0v) is 14.2. The number of aromatic nitrogens is 1. The van der Waals surface area contributed by atoms with E-state index < -0.39 is 0 Å². The Morgan fingerprint density at radius 2 is 1.36 bits per heavy atom. The molecule has 3 aromatic carbocycles. The fraction of sp³-hybridized carbons (Fsp3) is 0.0909. The lowest BCUT2D eigenvalue weighted by Gasteiger charge is -2.19. The van der Waals surface area contributed by atoms with Crippen LogP contribution in [0.4, 0.5) is 0 Å². The number of nitrogens with zero attached hydrogens (tertiary/aromatic N) is 1. The van der Waals surface area contributed by atoms with Crippen LogP contribution in [0, 0.1) is 0 Å². The van der Waals surface area contributed by atoms with Crippen molar-refractivity contribution in [2.24, 2.45) is 7.05 Å². The summed E-state index contributed by atoms with van der Waals surface area (Å²) in [6, 6.07) is 21.9. The minimum absolute atomic E-state index is 0.279. The summed E-state index contributed by atoms with van der Waals surface area (Å²) in [7, 11) is 3.64. The summed E-state index contributed by atoms with van der Waals surface area (Å²) in [4.78, 5) is 0. The molecular weight excluding hydrogens is 310 g/mol. The molecule has 0 aliphatic carbocycles. The van der Waals surface area contributed by atoms with Gasteiger partial charge in [-0.1, -0.05) is 60.7 Å². The lowest BCUT2D eigenvalue weighted by Crippen LogP contribution is -1.97. The molecule has 0 unspecified atom stereocenters. The summed E-state index contributed by atoms with van der Waals surface area (Å²) in [5.41, 5.74) is 4.56. The highest BCUT2D eigenvalue weighted by molar-refractivity contribution is 6.06. The predicted molar refractivity (Wildman–Crippen MR) is 102 cm³/mol. The number of methoxy groups -OCH3 is 1. The first-order chi connectivity index (χ1) is 12.2. The van der Waals surface area contributed by atoms with Crippen molar-refractivity contribution in [3.63, 3.8) is 0 Å². The Hall–Kier alpha value is -3.20. The number of rotatable bonds is 3.